The van der Waals surface area contributed by atoms with Crippen molar-refractivity contribution in [2.24, 2.45) is 5.73 Å². The second-order valence-electron chi connectivity index (χ2n) is 4.04. The topological polar surface area (TPSA) is 60.2 Å². The molecule has 96 valence electrons. The number of nitrogens with two attached hydrogens (primary N) is 1. The van der Waals surface area contributed by atoms with E-state index in [1.54, 1.807) is 6.07 Å². The lowest BCUT2D eigenvalue weighted by molar-refractivity contribution is 0.586. The van der Waals surface area contributed by atoms with Crippen molar-refractivity contribution in [2.45, 2.75) is 18.9 Å². The van der Waals surface area contributed by atoms with Crippen LogP contribution in [-0.4, -0.2) is 20.4 Å². The van der Waals surface area contributed by atoms with Gasteiger partial charge in [-0.3, -0.25) is 0 Å². The molecule has 3 nitrogen and oxygen atoms in total. The second-order valence-corrected chi connectivity index (χ2v) is 7.16. The average Bonchev–Trinajstić information content (AvgIpc) is 2.15. The van der Waals surface area contributed by atoms with Gasteiger partial charge in [-0.25, -0.2) is 12.8 Å². The van der Waals surface area contributed by atoms with Crippen molar-refractivity contribution in [3.63, 3.8) is 0 Å². The highest BCUT2D eigenvalue weighted by Crippen LogP contribution is 2.25. The smallest absolute Gasteiger partial charge is 0.147 e. The molecule has 1 aromatic rings. The lowest BCUT2D eigenvalue weighted by atomic mass is 10.0. The molecule has 6 heteroatoms. The highest BCUT2D eigenvalue weighted by molar-refractivity contribution is 9.10. The van der Waals surface area contributed by atoms with Gasteiger partial charge in [-0.05, 0) is 30.5 Å². The second kappa shape index (κ2) is 5.93. The van der Waals surface area contributed by atoms with Gasteiger partial charge in [-0.1, -0.05) is 22.0 Å². The Balaban J connectivity index is 2.61. The van der Waals surface area contributed by atoms with Gasteiger partial charge in [0.1, 0.15) is 15.7 Å². The molecule has 1 atom stereocenters. The SMILES string of the molecule is CS(=O)(=O)CCCC(N)c1ccc(F)cc1Br. The van der Waals surface area contributed by atoms with E-state index in [9.17, 15) is 12.8 Å². The average molecular weight is 324 g/mol. The Morgan fingerprint density at radius 3 is 2.65 bits per heavy atom. The summed E-state index contributed by atoms with van der Waals surface area (Å²) in [6, 6.07) is 4.03. The molecule has 1 unspecified atom stereocenters. The number of hydrogen-bond acceptors (Lipinski definition) is 3. The van der Waals surface area contributed by atoms with Gasteiger partial charge in [-0.15, -0.1) is 0 Å². The summed E-state index contributed by atoms with van der Waals surface area (Å²) in [5.41, 5.74) is 6.72. The first-order valence-corrected chi connectivity index (χ1v) is 8.03. The van der Waals surface area contributed by atoms with E-state index in [1.807, 2.05) is 0 Å². The van der Waals surface area contributed by atoms with E-state index < -0.39 is 9.84 Å². The van der Waals surface area contributed by atoms with Crippen molar-refractivity contribution >= 4 is 25.8 Å². The minimum atomic E-state index is -2.95. The van der Waals surface area contributed by atoms with Crippen molar-refractivity contribution < 1.29 is 12.8 Å². The fourth-order valence-electron chi connectivity index (χ4n) is 1.52. The predicted octanol–water partition coefficient (Wildman–Crippen LogP) is 2.41. The quantitative estimate of drug-likeness (QED) is 0.905. The van der Waals surface area contributed by atoms with Crippen molar-refractivity contribution in [1.29, 1.82) is 0 Å². The molecule has 2 N–H and O–H groups in total. The summed E-state index contributed by atoms with van der Waals surface area (Å²) < 4.78 is 35.4. The Bertz CT molecular complexity index is 490. The maximum atomic E-state index is 12.9. The Morgan fingerprint density at radius 1 is 1.47 bits per heavy atom. The molecule has 0 fully saturated rings. The van der Waals surface area contributed by atoms with Crippen LogP contribution in [0.25, 0.3) is 0 Å². The van der Waals surface area contributed by atoms with E-state index in [4.69, 9.17) is 5.73 Å². The molecule has 1 rings (SSSR count). The molecule has 0 aliphatic rings. The van der Waals surface area contributed by atoms with E-state index in [1.165, 1.54) is 18.4 Å². The molecular formula is C11H15BrFNO2S. The molecule has 0 amide bonds. The summed E-state index contributed by atoms with van der Waals surface area (Å²) in [6.45, 7) is 0. The van der Waals surface area contributed by atoms with Crippen LogP contribution in [0.3, 0.4) is 0 Å². The zero-order chi connectivity index (χ0) is 13.1. The van der Waals surface area contributed by atoms with Gasteiger partial charge in [-0.2, -0.15) is 0 Å². The molecular weight excluding hydrogens is 309 g/mol. The molecule has 0 radical (unpaired) electrons. The van der Waals surface area contributed by atoms with E-state index >= 15 is 0 Å². The molecule has 0 saturated carbocycles. The first kappa shape index (κ1) is 14.6. The summed E-state index contributed by atoms with van der Waals surface area (Å²) in [5, 5.41) is 0. The van der Waals surface area contributed by atoms with Crippen LogP contribution in [0.15, 0.2) is 22.7 Å². The van der Waals surface area contributed by atoms with Crippen LogP contribution in [0.5, 0.6) is 0 Å². The molecule has 17 heavy (non-hydrogen) atoms. The zero-order valence-corrected chi connectivity index (χ0v) is 11.9. The number of benzene rings is 1. The summed E-state index contributed by atoms with van der Waals surface area (Å²) in [7, 11) is -2.95. The minimum absolute atomic E-state index is 0.125. The Hall–Kier alpha value is -0.460. The first-order chi connectivity index (χ1) is 7.79. The van der Waals surface area contributed by atoms with Crippen LogP contribution in [0.1, 0.15) is 24.4 Å². The third kappa shape index (κ3) is 5.14. The molecule has 1 aromatic carbocycles. The number of sulfone groups is 1. The molecule has 0 saturated heterocycles. The van der Waals surface area contributed by atoms with Gasteiger partial charge >= 0.3 is 0 Å². The highest BCUT2D eigenvalue weighted by atomic mass is 79.9. The minimum Gasteiger partial charge on any atom is -0.324 e. The van der Waals surface area contributed by atoms with Gasteiger partial charge in [0.25, 0.3) is 0 Å². The number of hydrogen-bond donors (Lipinski definition) is 1. The van der Waals surface area contributed by atoms with Crippen LogP contribution in [-0.2, 0) is 9.84 Å². The molecule has 0 aliphatic carbocycles. The summed E-state index contributed by atoms with van der Waals surface area (Å²) in [5.74, 6) is -0.205. The molecule has 0 aliphatic heterocycles. The van der Waals surface area contributed by atoms with Gasteiger partial charge in [0.05, 0.1) is 0 Å². The van der Waals surface area contributed by atoms with Crippen LogP contribution < -0.4 is 5.73 Å². The third-order valence-corrected chi connectivity index (χ3v) is 4.11. The van der Waals surface area contributed by atoms with Crippen LogP contribution in [0.2, 0.25) is 0 Å². The zero-order valence-electron chi connectivity index (χ0n) is 9.49. The Kier molecular flexibility index (Phi) is 5.09. The number of rotatable bonds is 5. The summed E-state index contributed by atoms with van der Waals surface area (Å²) >= 11 is 3.24. The molecule has 0 spiro atoms. The fraction of sp³-hybridized carbons (Fsp3) is 0.455. The summed E-state index contributed by atoms with van der Waals surface area (Å²) in [6.07, 6.45) is 2.26. The molecule has 0 heterocycles. The van der Waals surface area contributed by atoms with Crippen molar-refractivity contribution in [3.05, 3.63) is 34.1 Å². The van der Waals surface area contributed by atoms with Crippen molar-refractivity contribution in [1.82, 2.24) is 0 Å². The largest absolute Gasteiger partial charge is 0.324 e. The van der Waals surface area contributed by atoms with Crippen LogP contribution in [0.4, 0.5) is 4.39 Å². The van der Waals surface area contributed by atoms with Crippen molar-refractivity contribution in [2.75, 3.05) is 12.0 Å². The van der Waals surface area contributed by atoms with Crippen LogP contribution >= 0.6 is 15.9 Å². The maximum absolute atomic E-state index is 12.9. The van der Waals surface area contributed by atoms with Gasteiger partial charge < -0.3 is 5.73 Å². The molecule has 0 bridgehead atoms. The normalized spacial score (nSPS) is 13.6. The highest BCUT2D eigenvalue weighted by Gasteiger charge is 2.11. The van der Waals surface area contributed by atoms with Crippen molar-refractivity contribution in [3.8, 4) is 0 Å². The van der Waals surface area contributed by atoms with E-state index in [0.29, 0.717) is 17.3 Å². The third-order valence-electron chi connectivity index (χ3n) is 2.39. The fourth-order valence-corrected chi connectivity index (χ4v) is 2.86. The Labute approximate surface area is 109 Å². The number of halogens is 2. The lowest BCUT2D eigenvalue weighted by Gasteiger charge is -2.13. The molecule has 0 aromatic heterocycles. The summed E-state index contributed by atoms with van der Waals surface area (Å²) in [4.78, 5) is 0. The van der Waals surface area contributed by atoms with E-state index in [-0.39, 0.29) is 17.6 Å². The lowest BCUT2D eigenvalue weighted by Crippen LogP contribution is -2.13. The predicted molar refractivity (Wildman–Crippen MR) is 70.0 cm³/mol. The van der Waals surface area contributed by atoms with Gasteiger partial charge in [0.15, 0.2) is 0 Å². The first-order valence-electron chi connectivity index (χ1n) is 5.18. The van der Waals surface area contributed by atoms with E-state index in [2.05, 4.69) is 15.9 Å². The van der Waals surface area contributed by atoms with Gasteiger partial charge in [0, 0.05) is 22.5 Å². The standard InChI is InChI=1S/C11H15BrFNO2S/c1-17(15,16)6-2-3-11(14)9-5-4-8(13)7-10(9)12/h4-5,7,11H,2-3,6,14H2,1H3. The van der Waals surface area contributed by atoms with Crippen LogP contribution in [0, 0.1) is 5.82 Å². The Morgan fingerprint density at radius 2 is 2.12 bits per heavy atom. The maximum Gasteiger partial charge on any atom is 0.147 e. The van der Waals surface area contributed by atoms with E-state index in [0.717, 1.165) is 5.56 Å². The van der Waals surface area contributed by atoms with Gasteiger partial charge in [0.2, 0.25) is 0 Å². The monoisotopic (exact) mass is 323 g/mol.